The van der Waals surface area contributed by atoms with Gasteiger partial charge < -0.3 is 15.0 Å². The lowest BCUT2D eigenvalue weighted by Crippen LogP contribution is -2.46. The van der Waals surface area contributed by atoms with Crippen LogP contribution in [0, 0.1) is 11.8 Å². The van der Waals surface area contributed by atoms with E-state index < -0.39 is 6.10 Å². The summed E-state index contributed by atoms with van der Waals surface area (Å²) < 4.78 is 2.04. The van der Waals surface area contributed by atoms with E-state index in [4.69, 9.17) is 0 Å². The van der Waals surface area contributed by atoms with Crippen LogP contribution in [-0.2, 0) is 17.9 Å². The quantitative estimate of drug-likeness (QED) is 0.789. The highest BCUT2D eigenvalue weighted by Crippen LogP contribution is 2.28. The first kappa shape index (κ1) is 19.1. The van der Waals surface area contributed by atoms with Gasteiger partial charge in [0, 0.05) is 43.8 Å². The summed E-state index contributed by atoms with van der Waals surface area (Å²) in [7, 11) is 0. The van der Waals surface area contributed by atoms with E-state index in [1.54, 1.807) is 12.5 Å². The van der Waals surface area contributed by atoms with Gasteiger partial charge in [-0.05, 0) is 62.4 Å². The maximum atomic E-state index is 12.7. The summed E-state index contributed by atoms with van der Waals surface area (Å²) in [5.41, 5.74) is 1.26. The van der Waals surface area contributed by atoms with Crippen LogP contribution in [0.4, 0.5) is 0 Å². The number of aliphatic hydroxyl groups is 1. The van der Waals surface area contributed by atoms with Crippen molar-refractivity contribution in [1.29, 1.82) is 0 Å². The van der Waals surface area contributed by atoms with Crippen molar-refractivity contribution in [3.8, 4) is 0 Å². The smallest absolute Gasteiger partial charge is 0.223 e. The second-order valence-corrected chi connectivity index (χ2v) is 8.19. The van der Waals surface area contributed by atoms with E-state index in [2.05, 4.69) is 20.2 Å². The second-order valence-electron chi connectivity index (χ2n) is 8.19. The number of aliphatic hydroxyl groups excluding tert-OH is 1. The molecule has 1 amide bonds. The molecule has 1 saturated carbocycles. The molecule has 1 saturated heterocycles. The standard InChI is InChI=1S/C21H29N5O2/c27-20-12-17(14-26-10-7-23-15-26)11-19(20)24-21(28)18-3-8-25(9-4-18)13-16-1-5-22-6-2-16/h1-2,5-7,10,15,17-20,27H,3-4,8-9,11-14H2,(H,24,28)/t17?,19-,20-/m1/s1. The van der Waals surface area contributed by atoms with Gasteiger partial charge in [-0.3, -0.25) is 14.7 Å². The number of imidazole rings is 1. The molecule has 2 aromatic heterocycles. The average Bonchev–Trinajstić information content (AvgIpc) is 3.33. The van der Waals surface area contributed by atoms with Gasteiger partial charge in [0.2, 0.25) is 5.91 Å². The van der Waals surface area contributed by atoms with Crippen molar-refractivity contribution in [2.45, 2.75) is 50.9 Å². The number of carbonyl (C=O) groups is 1. The first-order chi connectivity index (χ1) is 13.7. The highest BCUT2D eigenvalue weighted by Gasteiger charge is 2.35. The van der Waals surface area contributed by atoms with Gasteiger partial charge in [-0.15, -0.1) is 0 Å². The first-order valence-corrected chi connectivity index (χ1v) is 10.2. The summed E-state index contributed by atoms with van der Waals surface area (Å²) in [5, 5.41) is 13.5. The number of rotatable bonds is 6. The maximum Gasteiger partial charge on any atom is 0.223 e. The van der Waals surface area contributed by atoms with Crippen molar-refractivity contribution in [3.05, 3.63) is 48.8 Å². The molecule has 1 unspecified atom stereocenters. The lowest BCUT2D eigenvalue weighted by molar-refractivity contribution is -0.127. The Kier molecular flexibility index (Phi) is 6.02. The minimum atomic E-state index is -0.454. The minimum absolute atomic E-state index is 0.0496. The third kappa shape index (κ3) is 4.77. The van der Waals surface area contributed by atoms with Crippen LogP contribution in [0.1, 0.15) is 31.2 Å². The van der Waals surface area contributed by atoms with Crippen molar-refractivity contribution in [1.82, 2.24) is 24.8 Å². The van der Waals surface area contributed by atoms with Crippen LogP contribution in [0.25, 0.3) is 0 Å². The molecule has 0 aromatic carbocycles. The molecular formula is C21H29N5O2. The van der Waals surface area contributed by atoms with Crippen LogP contribution in [-0.4, -0.2) is 55.7 Å². The van der Waals surface area contributed by atoms with Crippen LogP contribution >= 0.6 is 0 Å². The number of likely N-dealkylation sites (tertiary alicyclic amines) is 1. The van der Waals surface area contributed by atoms with E-state index in [-0.39, 0.29) is 17.9 Å². The topological polar surface area (TPSA) is 83.3 Å². The third-order valence-electron chi connectivity index (χ3n) is 6.10. The molecule has 1 aliphatic heterocycles. The highest BCUT2D eigenvalue weighted by molar-refractivity contribution is 5.79. The van der Waals surface area contributed by atoms with Crippen LogP contribution in [0.2, 0.25) is 0 Å². The summed E-state index contributed by atoms with van der Waals surface area (Å²) in [6.45, 7) is 3.61. The number of carbonyl (C=O) groups excluding carboxylic acids is 1. The fourth-order valence-corrected chi connectivity index (χ4v) is 4.52. The van der Waals surface area contributed by atoms with Gasteiger partial charge in [0.1, 0.15) is 0 Å². The average molecular weight is 383 g/mol. The van der Waals surface area contributed by atoms with Crippen molar-refractivity contribution in [3.63, 3.8) is 0 Å². The Bertz CT molecular complexity index is 743. The van der Waals surface area contributed by atoms with Crippen LogP contribution < -0.4 is 5.32 Å². The Balaban J connectivity index is 1.22. The predicted molar refractivity (Wildman–Crippen MR) is 105 cm³/mol. The molecule has 1 aliphatic carbocycles. The van der Waals surface area contributed by atoms with Gasteiger partial charge in [0.25, 0.3) is 0 Å². The fraction of sp³-hybridized carbons (Fsp3) is 0.571. The molecule has 3 heterocycles. The Morgan fingerprint density at radius 3 is 2.64 bits per heavy atom. The predicted octanol–water partition coefficient (Wildman–Crippen LogP) is 1.45. The van der Waals surface area contributed by atoms with Gasteiger partial charge >= 0.3 is 0 Å². The van der Waals surface area contributed by atoms with Gasteiger partial charge in [0.15, 0.2) is 0 Å². The van der Waals surface area contributed by atoms with Crippen molar-refractivity contribution in [2.75, 3.05) is 13.1 Å². The van der Waals surface area contributed by atoms with Crippen LogP contribution in [0.3, 0.4) is 0 Å². The van der Waals surface area contributed by atoms with Gasteiger partial charge in [-0.2, -0.15) is 0 Å². The molecule has 3 atom stereocenters. The Morgan fingerprint density at radius 1 is 1.14 bits per heavy atom. The summed E-state index contributed by atoms with van der Waals surface area (Å²) in [5.74, 6) is 0.529. The molecule has 0 radical (unpaired) electrons. The molecule has 0 bridgehead atoms. The second kappa shape index (κ2) is 8.84. The zero-order valence-electron chi connectivity index (χ0n) is 16.2. The zero-order chi connectivity index (χ0) is 19.3. The van der Waals surface area contributed by atoms with Crippen LogP contribution in [0.15, 0.2) is 43.2 Å². The lowest BCUT2D eigenvalue weighted by Gasteiger charge is -2.32. The van der Waals surface area contributed by atoms with E-state index in [1.807, 2.05) is 35.3 Å². The van der Waals surface area contributed by atoms with E-state index in [9.17, 15) is 9.90 Å². The Hall–Kier alpha value is -2.25. The number of hydrogen-bond acceptors (Lipinski definition) is 5. The van der Waals surface area contributed by atoms with Crippen LogP contribution in [0.5, 0.6) is 0 Å². The normalized spacial score (nSPS) is 26.4. The van der Waals surface area contributed by atoms with E-state index >= 15 is 0 Å². The lowest BCUT2D eigenvalue weighted by atomic mass is 9.95. The molecule has 150 valence electrons. The molecule has 0 spiro atoms. The SMILES string of the molecule is O=C(N[C@@H]1CC(Cn2ccnc2)C[C@H]1O)C1CCN(Cc2ccncc2)CC1. The number of pyridine rings is 1. The Morgan fingerprint density at radius 2 is 1.93 bits per heavy atom. The van der Waals surface area contributed by atoms with Gasteiger partial charge in [-0.1, -0.05) is 0 Å². The molecule has 2 N–H and O–H groups in total. The summed E-state index contributed by atoms with van der Waals surface area (Å²) in [6, 6.07) is 3.96. The molecule has 7 heteroatoms. The van der Waals surface area contributed by atoms with Crippen molar-refractivity contribution < 1.29 is 9.90 Å². The fourth-order valence-electron chi connectivity index (χ4n) is 4.52. The molecular weight excluding hydrogens is 354 g/mol. The highest BCUT2D eigenvalue weighted by atomic mass is 16.3. The third-order valence-corrected chi connectivity index (χ3v) is 6.10. The molecule has 2 aromatic rings. The molecule has 28 heavy (non-hydrogen) atoms. The summed E-state index contributed by atoms with van der Waals surface area (Å²) in [4.78, 5) is 23.2. The molecule has 7 nitrogen and oxygen atoms in total. The number of piperidine rings is 1. The van der Waals surface area contributed by atoms with E-state index in [1.165, 1.54) is 5.56 Å². The van der Waals surface area contributed by atoms with E-state index in [0.29, 0.717) is 5.92 Å². The number of hydrogen-bond donors (Lipinski definition) is 2. The maximum absolute atomic E-state index is 12.7. The number of nitrogens with zero attached hydrogens (tertiary/aromatic N) is 4. The summed E-state index contributed by atoms with van der Waals surface area (Å²) >= 11 is 0. The number of aromatic nitrogens is 3. The molecule has 4 rings (SSSR count). The Labute approximate surface area is 165 Å². The minimum Gasteiger partial charge on any atom is -0.391 e. The zero-order valence-corrected chi connectivity index (χ0v) is 16.2. The van der Waals surface area contributed by atoms with Crippen molar-refractivity contribution >= 4 is 5.91 Å². The number of amides is 1. The molecule has 2 aliphatic rings. The van der Waals surface area contributed by atoms with Gasteiger partial charge in [0.05, 0.1) is 18.5 Å². The number of nitrogens with one attached hydrogen (secondary N) is 1. The largest absolute Gasteiger partial charge is 0.391 e. The van der Waals surface area contributed by atoms with Gasteiger partial charge in [-0.25, -0.2) is 4.98 Å². The van der Waals surface area contributed by atoms with Crippen molar-refractivity contribution in [2.24, 2.45) is 11.8 Å². The summed E-state index contributed by atoms with van der Waals surface area (Å²) in [6.07, 6.45) is 12.0. The first-order valence-electron chi connectivity index (χ1n) is 10.2. The molecule has 2 fully saturated rings. The monoisotopic (exact) mass is 383 g/mol. The van der Waals surface area contributed by atoms with E-state index in [0.717, 1.165) is 51.9 Å².